The molecular weight excluding hydrogens is 1700 g/mol. The quantitative estimate of drug-likeness (QED) is 0.0229. The summed E-state index contributed by atoms with van der Waals surface area (Å²) in [5, 5.41) is 69.8. The molecule has 6 fully saturated rings. The number of hydrogen-bond donors (Lipinski definition) is 17. The van der Waals surface area contributed by atoms with Gasteiger partial charge in [0.05, 0.1) is 90.1 Å². The molecule has 6 aliphatic heterocycles. The van der Waals surface area contributed by atoms with Crippen molar-refractivity contribution >= 4 is 156 Å². The number of H-pyrrole nitrogens is 4. The van der Waals surface area contributed by atoms with Crippen molar-refractivity contribution in [2.45, 2.75) is 102 Å². The van der Waals surface area contributed by atoms with E-state index in [9.17, 15) is 0 Å². The molecule has 32 nitrogen and oxygen atoms in total. The molecule has 0 amide bonds. The molecule has 129 heavy (non-hydrogen) atoms. The Morgan fingerprint density at radius 1 is 0.341 bits per heavy atom. The van der Waals surface area contributed by atoms with Gasteiger partial charge in [0.2, 0.25) is 0 Å². The number of rotatable bonds is 17. The highest BCUT2D eigenvalue weighted by Crippen LogP contribution is 2.31. The van der Waals surface area contributed by atoms with Crippen LogP contribution in [0.15, 0.2) is 264 Å². The number of hydrogen-bond acceptors (Lipinski definition) is 16. The standard InChI is InChI=1S/2C24H25N7OS.C24H27N7OS.C21H28N6O2S/c25-22(16-5-7-17(8-6-16)28-24(33)29-18-3-1-11-26-13-18)30-23(21-4-2-12-27-21)31-14-19-9-10-20(15-31)32-19;25-22(16-3-5-17(6-4-16)28-24(33)29-18-9-12-26-13-10-18)30-23(21-2-1-11-27-21)31-14-19-7-8-20(15-31)32-19;1-16-14-31(15-17(2)32-16)23(21-4-3-11-27-21)30-22(25)18-5-7-19(8-6-18)28-24(33)29-20-9-12-26-13-10-20;1-14-12-27(13-15(2)29-14)20(18-4-3-9-23-18)26-19(22)16-5-7-17(8-6-16)25-21(30)24-10-11-28/h1-8,11-13,19-20,25,27H,9-10,14-15H2,(H2,28,29,33);1-6,9-13,19-20,25,27H,7-8,14-15H2,(H2,26,28,29,33);3-13,16-17,25,27H,14-15H2,1-2H3,(H2,26,28,29,33);3-9,14-15,22-23,28H,10-13H2,1-2H3,(H2,24,25,30)/t2*19-,20+;16-,17+;14-,15+. The second-order valence-corrected chi connectivity index (χ2v) is 33.0. The number of anilines is 7. The average molecular weight is 1810 g/mol. The lowest BCUT2D eigenvalue weighted by Crippen LogP contribution is -2.48. The second kappa shape index (κ2) is 45.3. The van der Waals surface area contributed by atoms with E-state index in [2.05, 4.69) is 116 Å². The van der Waals surface area contributed by atoms with E-state index in [0.717, 1.165) is 175 Å². The number of aromatic nitrogens is 7. The van der Waals surface area contributed by atoms with Gasteiger partial charge in [0, 0.05) is 171 Å². The minimum absolute atomic E-state index is 0.0137. The molecule has 4 bridgehead atoms. The summed E-state index contributed by atoms with van der Waals surface area (Å²) in [6.45, 7) is 14.7. The van der Waals surface area contributed by atoms with Crippen molar-refractivity contribution in [3.8, 4) is 0 Å². The van der Waals surface area contributed by atoms with Crippen molar-refractivity contribution in [3.05, 3.63) is 289 Å². The van der Waals surface area contributed by atoms with Crippen LogP contribution in [-0.4, -0.2) is 241 Å². The highest BCUT2D eigenvalue weighted by molar-refractivity contribution is 7.81. The van der Waals surface area contributed by atoms with Crippen LogP contribution in [0.4, 0.5) is 39.8 Å². The zero-order valence-electron chi connectivity index (χ0n) is 71.7. The van der Waals surface area contributed by atoms with Crippen molar-refractivity contribution in [1.82, 2.24) is 59.8 Å². The maximum atomic E-state index is 8.84. The first-order valence-corrected chi connectivity index (χ1v) is 44.2. The maximum absolute atomic E-state index is 8.84. The number of aliphatic imine (C=N–C) groups is 4. The number of fused-ring (bicyclic) bond motifs is 4. The molecule has 0 radical (unpaired) electrons. The molecule has 6 aliphatic rings. The number of aliphatic hydroxyl groups is 1. The normalized spacial score (nSPS) is 19.4. The molecule has 0 unspecified atom stereocenters. The fourth-order valence-corrected chi connectivity index (χ4v) is 16.3. The number of morpholine rings is 4. The minimum atomic E-state index is 0.0137. The lowest BCUT2D eigenvalue weighted by atomic mass is 10.2. The molecule has 11 aromatic rings. The van der Waals surface area contributed by atoms with Crippen molar-refractivity contribution in [2.75, 3.05) is 103 Å². The average Bonchev–Trinajstić information content (AvgIpc) is 1.72. The molecule has 17 rings (SSSR count). The number of ether oxygens (including phenoxy) is 4. The third-order valence-electron chi connectivity index (χ3n) is 21.2. The third kappa shape index (κ3) is 26.8. The number of likely N-dealkylation sites (tertiary alicyclic amines) is 2. The number of pyridine rings is 3. The zero-order chi connectivity index (χ0) is 90.0. The summed E-state index contributed by atoms with van der Waals surface area (Å²) >= 11 is 21.3. The Morgan fingerprint density at radius 3 is 0.876 bits per heavy atom. The van der Waals surface area contributed by atoms with E-state index >= 15 is 0 Å². The van der Waals surface area contributed by atoms with E-state index in [4.69, 9.17) is 110 Å². The fraction of sp³-hybridized carbons (Fsp3) is 0.280. The molecule has 8 atom stereocenters. The smallest absolute Gasteiger partial charge is 0.175 e. The van der Waals surface area contributed by atoms with Crippen molar-refractivity contribution in [2.24, 2.45) is 20.0 Å². The van der Waals surface area contributed by atoms with Crippen LogP contribution in [0, 0.1) is 21.6 Å². The van der Waals surface area contributed by atoms with E-state index in [1.165, 1.54) is 0 Å². The first kappa shape index (κ1) is 91.8. The monoisotopic (exact) mass is 1810 g/mol. The largest absolute Gasteiger partial charge is 0.395 e. The van der Waals surface area contributed by atoms with Gasteiger partial charge in [-0.2, -0.15) is 0 Å². The highest BCUT2D eigenvalue weighted by Gasteiger charge is 2.38. The first-order chi connectivity index (χ1) is 62.7. The van der Waals surface area contributed by atoms with Crippen LogP contribution in [-0.2, 0) is 18.9 Å². The van der Waals surface area contributed by atoms with Gasteiger partial charge in [-0.25, -0.2) is 20.0 Å². The fourth-order valence-electron chi connectivity index (χ4n) is 15.4. The van der Waals surface area contributed by atoms with Crippen LogP contribution >= 0.6 is 48.9 Å². The van der Waals surface area contributed by atoms with Crippen LogP contribution in [0.1, 0.15) is 98.4 Å². The summed E-state index contributed by atoms with van der Waals surface area (Å²) in [4.78, 5) is 52.6. The van der Waals surface area contributed by atoms with Gasteiger partial charge in [0.15, 0.2) is 67.1 Å². The second-order valence-electron chi connectivity index (χ2n) is 31.4. The zero-order valence-corrected chi connectivity index (χ0v) is 75.0. The van der Waals surface area contributed by atoms with E-state index in [0.29, 0.717) is 38.1 Å². The lowest BCUT2D eigenvalue weighted by molar-refractivity contribution is -0.0480. The van der Waals surface area contributed by atoms with Crippen molar-refractivity contribution in [3.63, 3.8) is 0 Å². The van der Waals surface area contributed by atoms with E-state index in [1.54, 1.807) is 37.2 Å². The number of amidine groups is 8. The van der Waals surface area contributed by atoms with E-state index in [-0.39, 0.29) is 78.8 Å². The molecule has 36 heteroatoms. The van der Waals surface area contributed by atoms with Gasteiger partial charge in [-0.05, 0) is 284 Å². The Kier molecular flexibility index (Phi) is 32.2. The van der Waals surface area contributed by atoms with Gasteiger partial charge >= 0.3 is 0 Å². The number of nitrogens with one attached hydrogen (secondary N) is 16. The molecule has 17 N–H and O–H groups in total. The molecule has 0 saturated carbocycles. The number of benzene rings is 4. The Bertz CT molecular complexity index is 5230. The van der Waals surface area contributed by atoms with Crippen LogP contribution in [0.3, 0.4) is 0 Å². The highest BCUT2D eigenvalue weighted by atomic mass is 32.1. The summed E-state index contributed by atoms with van der Waals surface area (Å²) in [6.07, 6.45) is 23.4. The third-order valence-corrected chi connectivity index (χ3v) is 22.1. The van der Waals surface area contributed by atoms with Crippen LogP contribution < -0.4 is 42.5 Å². The predicted octanol–water partition coefficient (Wildman–Crippen LogP) is 14.0. The van der Waals surface area contributed by atoms with Gasteiger partial charge in [-0.1, -0.05) is 0 Å². The number of aromatic amines is 4. The van der Waals surface area contributed by atoms with Crippen LogP contribution in [0.2, 0.25) is 0 Å². The first-order valence-electron chi connectivity index (χ1n) is 42.6. The van der Waals surface area contributed by atoms with Crippen LogP contribution in [0.5, 0.6) is 0 Å². The van der Waals surface area contributed by atoms with E-state index in [1.807, 2.05) is 221 Å². The predicted molar refractivity (Wildman–Crippen MR) is 528 cm³/mol. The SMILES string of the molecule is C[C@@H]1CN(C(=NC(=N)c2ccc(NC(=S)NCCO)cc2)c2ccc[nH]2)C[C@H](C)O1.C[C@@H]1CN(C(=NC(=N)c2ccc(NC(=S)Nc3ccncc3)cc2)c2ccc[nH]2)C[C@H](C)O1.N=C(N=C(c1ccc[nH]1)N1C[C@H]2CC[C@@H](C1)O2)c1ccc(NC(=S)Nc2cccnc2)cc1.N=C(N=C(c1ccc[nH]1)N1C[C@H]2CC[C@@H](C1)O2)c1ccc(NC(=S)Nc2ccncc2)cc1. The maximum Gasteiger partial charge on any atom is 0.175 e. The number of aliphatic hydroxyl groups excluding tert-OH is 1. The summed E-state index contributed by atoms with van der Waals surface area (Å²) in [6, 6.07) is 56.7. The molecule has 13 heterocycles. The van der Waals surface area contributed by atoms with Gasteiger partial charge in [-0.3, -0.25) is 36.6 Å². The Morgan fingerprint density at radius 2 is 0.612 bits per heavy atom. The summed E-state index contributed by atoms with van der Waals surface area (Å²) < 4.78 is 23.7. The molecule has 4 aromatic carbocycles. The van der Waals surface area contributed by atoms with Crippen LogP contribution in [0.25, 0.3) is 0 Å². The Labute approximate surface area is 770 Å². The summed E-state index contributed by atoms with van der Waals surface area (Å²) in [5.74, 6) is 3.85. The molecule has 666 valence electrons. The van der Waals surface area contributed by atoms with Gasteiger partial charge < -0.3 is 106 Å². The summed E-state index contributed by atoms with van der Waals surface area (Å²) in [7, 11) is 0. The molecule has 0 aliphatic carbocycles. The molecule has 7 aromatic heterocycles. The molecule has 6 saturated heterocycles. The topological polar surface area (TPSA) is 413 Å². The minimum Gasteiger partial charge on any atom is -0.395 e. The Balaban J connectivity index is 0.000000139. The summed E-state index contributed by atoms with van der Waals surface area (Å²) in [5.41, 5.74) is 12.3. The number of thiocarbonyl (C=S) groups is 4. The van der Waals surface area contributed by atoms with Gasteiger partial charge in [0.25, 0.3) is 0 Å². The molecule has 0 spiro atoms. The van der Waals surface area contributed by atoms with E-state index < -0.39 is 0 Å². The van der Waals surface area contributed by atoms with Gasteiger partial charge in [0.1, 0.15) is 0 Å². The number of nitrogens with zero attached hydrogens (tertiary/aromatic N) is 11. The lowest BCUT2D eigenvalue weighted by Gasteiger charge is -2.37. The van der Waals surface area contributed by atoms with Gasteiger partial charge in [-0.15, -0.1) is 0 Å². The molecular formula is C93H105N27O5S4. The van der Waals surface area contributed by atoms with Crippen molar-refractivity contribution in [1.29, 1.82) is 21.6 Å². The van der Waals surface area contributed by atoms with Crippen molar-refractivity contribution < 1.29 is 24.1 Å². The Hall–Kier alpha value is -13.4.